The number of ether oxygens (including phenoxy) is 1. The van der Waals surface area contributed by atoms with Crippen molar-refractivity contribution in [3.8, 4) is 11.4 Å². The van der Waals surface area contributed by atoms with Gasteiger partial charge in [0.2, 0.25) is 0 Å². The molecule has 0 aliphatic heterocycles. The number of rotatable bonds is 4. The zero-order chi connectivity index (χ0) is 14.8. The lowest BCUT2D eigenvalue weighted by molar-refractivity contribution is 0.303. The zero-order valence-corrected chi connectivity index (χ0v) is 11.8. The molecule has 3 rings (SSSR count). The molecule has 0 saturated carbocycles. The van der Waals surface area contributed by atoms with Crippen LogP contribution in [-0.2, 0) is 13.7 Å². The predicted molar refractivity (Wildman–Crippen MR) is 76.5 cm³/mol. The molecule has 108 valence electrons. The van der Waals surface area contributed by atoms with E-state index in [0.29, 0.717) is 12.3 Å². The van der Waals surface area contributed by atoms with Crippen molar-refractivity contribution in [3.05, 3.63) is 58.3 Å². The van der Waals surface area contributed by atoms with E-state index >= 15 is 0 Å². The summed E-state index contributed by atoms with van der Waals surface area (Å²) < 4.78 is 8.90. The van der Waals surface area contributed by atoms with Gasteiger partial charge in [0.1, 0.15) is 12.4 Å². The molecule has 0 bridgehead atoms. The average Bonchev–Trinajstić information content (AvgIpc) is 3.03. The van der Waals surface area contributed by atoms with Gasteiger partial charge in [-0.1, -0.05) is 18.2 Å². The molecule has 7 heteroatoms. The molecule has 0 fully saturated rings. The van der Waals surface area contributed by atoms with Gasteiger partial charge in [-0.15, -0.1) is 0 Å². The molecule has 3 aromatic rings. The number of para-hydroxylation sites is 1. The number of tetrazole rings is 1. The summed E-state index contributed by atoms with van der Waals surface area (Å²) >= 11 is 0. The van der Waals surface area contributed by atoms with Crippen molar-refractivity contribution in [2.24, 2.45) is 7.05 Å². The van der Waals surface area contributed by atoms with Gasteiger partial charge >= 0.3 is 5.69 Å². The van der Waals surface area contributed by atoms with E-state index in [4.69, 9.17) is 4.74 Å². The molecule has 0 radical (unpaired) electrons. The quantitative estimate of drug-likeness (QED) is 0.781. The van der Waals surface area contributed by atoms with Crippen molar-refractivity contribution in [2.45, 2.75) is 13.5 Å². The van der Waals surface area contributed by atoms with Gasteiger partial charge in [0.25, 0.3) is 0 Å². The molecule has 7 nitrogen and oxygen atoms in total. The highest BCUT2D eigenvalue weighted by molar-refractivity contribution is 5.38. The first kappa shape index (κ1) is 13.2. The number of aromatic nitrogens is 5. The first-order chi connectivity index (χ1) is 10.1. The van der Waals surface area contributed by atoms with Crippen LogP contribution >= 0.6 is 0 Å². The van der Waals surface area contributed by atoms with Gasteiger partial charge in [0, 0.05) is 25.0 Å². The number of aryl methyl sites for hydroxylation is 2. The summed E-state index contributed by atoms with van der Waals surface area (Å²) in [4.78, 5) is 11.6. The lowest BCUT2D eigenvalue weighted by Crippen LogP contribution is -2.17. The molecule has 2 aromatic heterocycles. The SMILES string of the molecule is Cc1ccccc1OCc1cn(C)cc1-n1nn[nH]c1=O. The van der Waals surface area contributed by atoms with Gasteiger partial charge < -0.3 is 9.30 Å². The third kappa shape index (κ3) is 2.58. The number of hydrogen-bond donors (Lipinski definition) is 1. The summed E-state index contributed by atoms with van der Waals surface area (Å²) in [5, 5.41) is 9.55. The summed E-state index contributed by atoms with van der Waals surface area (Å²) in [6.45, 7) is 2.34. The van der Waals surface area contributed by atoms with E-state index in [9.17, 15) is 4.79 Å². The first-order valence-electron chi connectivity index (χ1n) is 6.49. The molecule has 0 aliphatic rings. The Hall–Kier alpha value is -2.83. The van der Waals surface area contributed by atoms with Crippen molar-refractivity contribution >= 4 is 0 Å². The van der Waals surface area contributed by atoms with Gasteiger partial charge in [0.15, 0.2) is 0 Å². The molecule has 2 heterocycles. The molecule has 1 aromatic carbocycles. The summed E-state index contributed by atoms with van der Waals surface area (Å²) in [7, 11) is 1.88. The van der Waals surface area contributed by atoms with Gasteiger partial charge in [-0.2, -0.15) is 4.68 Å². The molecule has 21 heavy (non-hydrogen) atoms. The van der Waals surface area contributed by atoms with Crippen LogP contribution in [0.5, 0.6) is 5.75 Å². The van der Waals surface area contributed by atoms with Crippen LogP contribution in [0.1, 0.15) is 11.1 Å². The van der Waals surface area contributed by atoms with Crippen LogP contribution < -0.4 is 10.4 Å². The molecule has 0 amide bonds. The van der Waals surface area contributed by atoms with E-state index < -0.39 is 0 Å². The normalized spacial score (nSPS) is 10.8. The third-order valence-corrected chi connectivity index (χ3v) is 3.19. The van der Waals surface area contributed by atoms with E-state index in [2.05, 4.69) is 15.5 Å². The maximum absolute atomic E-state index is 11.6. The first-order valence-corrected chi connectivity index (χ1v) is 6.49. The summed E-state index contributed by atoms with van der Waals surface area (Å²) in [5.74, 6) is 0.819. The maximum Gasteiger partial charge on any atom is 0.365 e. The highest BCUT2D eigenvalue weighted by Gasteiger charge is 2.12. The lowest BCUT2D eigenvalue weighted by Gasteiger charge is -2.08. The average molecular weight is 285 g/mol. The van der Waals surface area contributed by atoms with Crippen LogP contribution in [0.4, 0.5) is 0 Å². The highest BCUT2D eigenvalue weighted by Crippen LogP contribution is 2.20. The second-order valence-electron chi connectivity index (χ2n) is 4.81. The zero-order valence-electron chi connectivity index (χ0n) is 11.8. The minimum atomic E-state index is -0.377. The molecule has 1 N–H and O–H groups in total. The van der Waals surface area contributed by atoms with Gasteiger partial charge in [0.05, 0.1) is 5.69 Å². The maximum atomic E-state index is 11.6. The van der Waals surface area contributed by atoms with Gasteiger partial charge in [-0.25, -0.2) is 9.89 Å². The number of aromatic amines is 1. The Labute approximate surface area is 120 Å². The fourth-order valence-corrected chi connectivity index (χ4v) is 2.16. The van der Waals surface area contributed by atoms with Crippen molar-refractivity contribution in [1.29, 1.82) is 0 Å². The van der Waals surface area contributed by atoms with Gasteiger partial charge in [-0.3, -0.25) is 0 Å². The van der Waals surface area contributed by atoms with E-state index in [1.54, 1.807) is 6.20 Å². The summed E-state index contributed by atoms with van der Waals surface area (Å²) in [6, 6.07) is 7.80. The second kappa shape index (κ2) is 5.28. The lowest BCUT2D eigenvalue weighted by atomic mass is 10.2. The number of nitrogens with one attached hydrogen (secondary N) is 1. The van der Waals surface area contributed by atoms with Crippen LogP contribution in [0.3, 0.4) is 0 Å². The topological polar surface area (TPSA) is 77.7 Å². The van der Waals surface area contributed by atoms with E-state index in [0.717, 1.165) is 16.9 Å². The van der Waals surface area contributed by atoms with Crippen LogP contribution in [-0.4, -0.2) is 24.8 Å². The fourth-order valence-electron chi connectivity index (χ4n) is 2.16. The molecule has 0 atom stereocenters. The molecule has 0 spiro atoms. The van der Waals surface area contributed by atoms with E-state index in [-0.39, 0.29) is 5.69 Å². The van der Waals surface area contributed by atoms with Crippen molar-refractivity contribution in [1.82, 2.24) is 24.8 Å². The third-order valence-electron chi connectivity index (χ3n) is 3.19. The molecular formula is C14H15N5O2. The summed E-state index contributed by atoms with van der Waals surface area (Å²) in [5.41, 5.74) is 2.20. The standard InChI is InChI=1S/C14H15N5O2/c1-10-5-3-4-6-13(10)21-9-11-7-18(2)8-12(11)19-14(20)15-16-17-19/h3-8H,9H2,1-2H3,(H,15,17,20). The minimum absolute atomic E-state index is 0.348. The Kier molecular flexibility index (Phi) is 3.31. The number of hydrogen-bond acceptors (Lipinski definition) is 4. The Morgan fingerprint density at radius 3 is 2.81 bits per heavy atom. The Balaban J connectivity index is 1.88. The van der Waals surface area contributed by atoms with Crippen LogP contribution in [0, 0.1) is 6.92 Å². The van der Waals surface area contributed by atoms with Crippen molar-refractivity contribution in [2.75, 3.05) is 0 Å². The van der Waals surface area contributed by atoms with Crippen molar-refractivity contribution in [3.63, 3.8) is 0 Å². The van der Waals surface area contributed by atoms with E-state index in [1.165, 1.54) is 4.68 Å². The monoisotopic (exact) mass is 285 g/mol. The van der Waals surface area contributed by atoms with Crippen LogP contribution in [0.15, 0.2) is 41.5 Å². The number of nitrogens with zero attached hydrogens (tertiary/aromatic N) is 4. The fraction of sp³-hybridized carbons (Fsp3) is 0.214. The molecule has 0 saturated heterocycles. The predicted octanol–water partition coefficient (Wildman–Crippen LogP) is 1.18. The summed E-state index contributed by atoms with van der Waals surface area (Å²) in [6.07, 6.45) is 3.70. The molecule has 0 aliphatic carbocycles. The molecular weight excluding hydrogens is 270 g/mol. The van der Waals surface area contributed by atoms with Crippen molar-refractivity contribution < 1.29 is 4.74 Å². The van der Waals surface area contributed by atoms with Crippen LogP contribution in [0.25, 0.3) is 5.69 Å². The largest absolute Gasteiger partial charge is 0.488 e. The number of H-pyrrole nitrogens is 1. The number of benzene rings is 1. The van der Waals surface area contributed by atoms with Crippen LogP contribution in [0.2, 0.25) is 0 Å². The van der Waals surface area contributed by atoms with E-state index in [1.807, 2.05) is 49.0 Å². The highest BCUT2D eigenvalue weighted by atomic mass is 16.5. The second-order valence-corrected chi connectivity index (χ2v) is 4.81. The Morgan fingerprint density at radius 1 is 1.29 bits per heavy atom. The Morgan fingerprint density at radius 2 is 2.10 bits per heavy atom. The minimum Gasteiger partial charge on any atom is -0.488 e. The molecule has 0 unspecified atom stereocenters. The Bertz CT molecular complexity index is 815. The smallest absolute Gasteiger partial charge is 0.365 e. The van der Waals surface area contributed by atoms with Gasteiger partial charge in [-0.05, 0) is 29.0 Å².